The average molecular weight is 322 g/mol. The summed E-state index contributed by atoms with van der Waals surface area (Å²) in [5.41, 5.74) is 2.33. The largest absolute Gasteiger partial charge is 0.385 e. The maximum absolute atomic E-state index is 13.1. The van der Waals surface area contributed by atoms with Crippen LogP contribution in [0.15, 0.2) is 53.0 Å². The molecule has 0 aromatic heterocycles. The van der Waals surface area contributed by atoms with Crippen LogP contribution in [-0.2, 0) is 6.42 Å². The van der Waals surface area contributed by atoms with Crippen molar-refractivity contribution in [3.63, 3.8) is 0 Å². The Morgan fingerprint density at radius 3 is 2.53 bits per heavy atom. The number of hydrogen-bond acceptors (Lipinski definition) is 1. The van der Waals surface area contributed by atoms with Crippen LogP contribution in [0.1, 0.15) is 18.4 Å². The Balaban J connectivity index is 1.68. The normalized spacial score (nSPS) is 10.4. The zero-order chi connectivity index (χ0) is 13.5. The van der Waals surface area contributed by atoms with Crippen LogP contribution in [0.2, 0.25) is 0 Å². The predicted octanol–water partition coefficient (Wildman–Crippen LogP) is 5.02. The van der Waals surface area contributed by atoms with Gasteiger partial charge in [0.05, 0.1) is 4.47 Å². The van der Waals surface area contributed by atoms with Gasteiger partial charge in [-0.15, -0.1) is 0 Å². The Bertz CT molecular complexity index is 513. The van der Waals surface area contributed by atoms with Crippen molar-refractivity contribution in [3.8, 4) is 0 Å². The summed E-state index contributed by atoms with van der Waals surface area (Å²) in [6, 6.07) is 15.5. The number of anilines is 1. The van der Waals surface area contributed by atoms with E-state index in [9.17, 15) is 4.39 Å². The lowest BCUT2D eigenvalue weighted by Gasteiger charge is -2.07. The summed E-state index contributed by atoms with van der Waals surface area (Å²) in [7, 11) is 0. The van der Waals surface area contributed by atoms with E-state index in [0.29, 0.717) is 4.47 Å². The van der Waals surface area contributed by atoms with Crippen LogP contribution < -0.4 is 5.32 Å². The molecule has 0 bridgehead atoms. The topological polar surface area (TPSA) is 12.0 Å². The zero-order valence-corrected chi connectivity index (χ0v) is 12.3. The second-order valence-electron chi connectivity index (χ2n) is 4.50. The van der Waals surface area contributed by atoms with Crippen molar-refractivity contribution >= 4 is 21.6 Å². The fraction of sp³-hybridized carbons (Fsp3) is 0.250. The fourth-order valence-electron chi connectivity index (χ4n) is 1.94. The SMILES string of the molecule is Fc1ccc(NCCCCc2ccccc2)cc1Br. The first-order valence-electron chi connectivity index (χ1n) is 6.48. The molecule has 100 valence electrons. The van der Waals surface area contributed by atoms with Crippen LogP contribution in [0.3, 0.4) is 0 Å². The molecular weight excluding hydrogens is 305 g/mol. The third-order valence-electron chi connectivity index (χ3n) is 2.98. The van der Waals surface area contributed by atoms with Gasteiger partial charge in [0.25, 0.3) is 0 Å². The molecule has 0 spiro atoms. The molecule has 0 aliphatic rings. The van der Waals surface area contributed by atoms with Crippen LogP contribution in [-0.4, -0.2) is 6.54 Å². The van der Waals surface area contributed by atoms with Gasteiger partial charge in [0.2, 0.25) is 0 Å². The molecule has 0 radical (unpaired) electrons. The Morgan fingerprint density at radius 1 is 1.00 bits per heavy atom. The quantitative estimate of drug-likeness (QED) is 0.736. The molecule has 0 heterocycles. The summed E-state index contributed by atoms with van der Waals surface area (Å²) in [5, 5.41) is 3.30. The lowest BCUT2D eigenvalue weighted by molar-refractivity contribution is 0.621. The van der Waals surface area contributed by atoms with Gasteiger partial charge in [0, 0.05) is 12.2 Å². The van der Waals surface area contributed by atoms with E-state index in [-0.39, 0.29) is 5.82 Å². The third kappa shape index (κ3) is 4.67. The first-order valence-corrected chi connectivity index (χ1v) is 7.28. The van der Waals surface area contributed by atoms with Gasteiger partial charge in [-0.3, -0.25) is 0 Å². The molecule has 0 aliphatic carbocycles. The molecule has 0 fully saturated rings. The van der Waals surface area contributed by atoms with E-state index >= 15 is 0 Å². The molecule has 0 unspecified atom stereocenters. The van der Waals surface area contributed by atoms with E-state index in [2.05, 4.69) is 45.5 Å². The number of aryl methyl sites for hydroxylation is 1. The van der Waals surface area contributed by atoms with Gasteiger partial charge in [0.15, 0.2) is 0 Å². The van der Waals surface area contributed by atoms with E-state index in [1.165, 1.54) is 11.6 Å². The van der Waals surface area contributed by atoms with Crippen molar-refractivity contribution in [1.82, 2.24) is 0 Å². The minimum Gasteiger partial charge on any atom is -0.385 e. The van der Waals surface area contributed by atoms with E-state index in [0.717, 1.165) is 31.5 Å². The first-order chi connectivity index (χ1) is 9.25. The van der Waals surface area contributed by atoms with Gasteiger partial charge >= 0.3 is 0 Å². The minimum atomic E-state index is -0.227. The minimum absolute atomic E-state index is 0.227. The Morgan fingerprint density at radius 2 is 1.79 bits per heavy atom. The smallest absolute Gasteiger partial charge is 0.137 e. The van der Waals surface area contributed by atoms with Crippen LogP contribution >= 0.6 is 15.9 Å². The fourth-order valence-corrected chi connectivity index (χ4v) is 2.32. The van der Waals surface area contributed by atoms with Crippen molar-refractivity contribution in [2.24, 2.45) is 0 Å². The number of benzene rings is 2. The molecule has 0 saturated heterocycles. The van der Waals surface area contributed by atoms with Gasteiger partial charge in [-0.25, -0.2) is 4.39 Å². The standard InChI is InChI=1S/C16H17BrFN/c17-15-12-14(9-10-16(15)18)19-11-5-4-8-13-6-2-1-3-7-13/h1-3,6-7,9-10,12,19H,4-5,8,11H2. The molecule has 0 aliphatic heterocycles. The van der Waals surface area contributed by atoms with Gasteiger partial charge in [0.1, 0.15) is 5.82 Å². The number of hydrogen-bond donors (Lipinski definition) is 1. The summed E-state index contributed by atoms with van der Waals surface area (Å²) in [6.07, 6.45) is 3.36. The summed E-state index contributed by atoms with van der Waals surface area (Å²) in [5.74, 6) is -0.227. The van der Waals surface area contributed by atoms with Crippen LogP contribution in [0.5, 0.6) is 0 Å². The van der Waals surface area contributed by atoms with E-state index < -0.39 is 0 Å². The molecule has 1 nitrogen and oxygen atoms in total. The summed E-state index contributed by atoms with van der Waals surface area (Å²) in [6.45, 7) is 0.908. The maximum Gasteiger partial charge on any atom is 0.137 e. The van der Waals surface area contributed by atoms with Gasteiger partial charge in [-0.1, -0.05) is 30.3 Å². The highest BCUT2D eigenvalue weighted by Crippen LogP contribution is 2.20. The van der Waals surface area contributed by atoms with Gasteiger partial charge in [-0.05, 0) is 59.0 Å². The molecule has 1 N–H and O–H groups in total. The molecule has 3 heteroatoms. The lowest BCUT2D eigenvalue weighted by Crippen LogP contribution is -2.02. The maximum atomic E-state index is 13.1. The van der Waals surface area contributed by atoms with Crippen molar-refractivity contribution < 1.29 is 4.39 Å². The number of halogens is 2. The van der Waals surface area contributed by atoms with Crippen molar-refractivity contribution in [2.45, 2.75) is 19.3 Å². The Kier molecular flexibility index (Phi) is 5.40. The Hall–Kier alpha value is -1.35. The molecule has 2 aromatic rings. The molecule has 0 atom stereocenters. The van der Waals surface area contributed by atoms with Gasteiger partial charge in [-0.2, -0.15) is 0 Å². The van der Waals surface area contributed by atoms with Gasteiger partial charge < -0.3 is 5.32 Å². The van der Waals surface area contributed by atoms with Crippen molar-refractivity contribution in [1.29, 1.82) is 0 Å². The molecule has 0 amide bonds. The van der Waals surface area contributed by atoms with E-state index in [1.54, 1.807) is 12.1 Å². The molecule has 2 aromatic carbocycles. The van der Waals surface area contributed by atoms with E-state index in [1.807, 2.05) is 6.07 Å². The second kappa shape index (κ2) is 7.29. The monoisotopic (exact) mass is 321 g/mol. The van der Waals surface area contributed by atoms with Crippen molar-refractivity contribution in [2.75, 3.05) is 11.9 Å². The Labute approximate surface area is 122 Å². The molecular formula is C16H17BrFN. The number of rotatable bonds is 6. The van der Waals surface area contributed by atoms with Crippen LogP contribution in [0, 0.1) is 5.82 Å². The lowest BCUT2D eigenvalue weighted by atomic mass is 10.1. The first kappa shape index (κ1) is 14.1. The zero-order valence-electron chi connectivity index (χ0n) is 10.7. The number of nitrogens with one attached hydrogen (secondary N) is 1. The second-order valence-corrected chi connectivity index (χ2v) is 5.35. The number of unbranched alkanes of at least 4 members (excludes halogenated alkanes) is 1. The molecule has 0 saturated carbocycles. The van der Waals surface area contributed by atoms with E-state index in [4.69, 9.17) is 0 Å². The molecule has 2 rings (SSSR count). The molecule has 19 heavy (non-hydrogen) atoms. The summed E-state index contributed by atoms with van der Waals surface area (Å²) < 4.78 is 13.6. The van der Waals surface area contributed by atoms with Crippen molar-refractivity contribution in [3.05, 3.63) is 64.4 Å². The third-order valence-corrected chi connectivity index (χ3v) is 3.59. The summed E-state index contributed by atoms with van der Waals surface area (Å²) in [4.78, 5) is 0. The highest BCUT2D eigenvalue weighted by Gasteiger charge is 1.99. The highest BCUT2D eigenvalue weighted by atomic mass is 79.9. The highest BCUT2D eigenvalue weighted by molar-refractivity contribution is 9.10. The van der Waals surface area contributed by atoms with Crippen LogP contribution in [0.4, 0.5) is 10.1 Å². The van der Waals surface area contributed by atoms with Crippen LogP contribution in [0.25, 0.3) is 0 Å². The summed E-state index contributed by atoms with van der Waals surface area (Å²) >= 11 is 3.18. The predicted molar refractivity (Wildman–Crippen MR) is 82.0 cm³/mol. The average Bonchev–Trinajstić information content (AvgIpc) is 2.43.